The summed E-state index contributed by atoms with van der Waals surface area (Å²) < 4.78 is 0. The molecule has 96 valence electrons. The highest BCUT2D eigenvalue weighted by atomic mass is 15.1. The van der Waals surface area contributed by atoms with Gasteiger partial charge in [0.25, 0.3) is 0 Å². The SMILES string of the molecule is CCC(CC)CN(C)CCC1CCCCN1. The van der Waals surface area contributed by atoms with Crippen LogP contribution in [0.25, 0.3) is 0 Å². The van der Waals surface area contributed by atoms with Crippen LogP contribution in [0, 0.1) is 5.92 Å². The Kier molecular flexibility index (Phi) is 7.06. The summed E-state index contributed by atoms with van der Waals surface area (Å²) in [6.07, 6.45) is 8.16. The van der Waals surface area contributed by atoms with Crippen molar-refractivity contribution in [3.8, 4) is 0 Å². The lowest BCUT2D eigenvalue weighted by atomic mass is 10.0. The molecule has 1 atom stereocenters. The third-order valence-electron chi connectivity index (χ3n) is 4.00. The molecule has 0 radical (unpaired) electrons. The molecule has 2 nitrogen and oxygen atoms in total. The molecule has 0 spiro atoms. The zero-order chi connectivity index (χ0) is 11.8. The Morgan fingerprint density at radius 1 is 1.25 bits per heavy atom. The van der Waals surface area contributed by atoms with Gasteiger partial charge < -0.3 is 10.2 Å². The largest absolute Gasteiger partial charge is 0.314 e. The molecule has 0 aromatic heterocycles. The van der Waals surface area contributed by atoms with E-state index in [0.717, 1.165) is 12.0 Å². The van der Waals surface area contributed by atoms with Gasteiger partial charge in [0.15, 0.2) is 0 Å². The van der Waals surface area contributed by atoms with Crippen LogP contribution in [0.15, 0.2) is 0 Å². The molecule has 1 heterocycles. The van der Waals surface area contributed by atoms with E-state index in [1.807, 2.05) is 0 Å². The van der Waals surface area contributed by atoms with Crippen LogP contribution in [0.1, 0.15) is 52.4 Å². The monoisotopic (exact) mass is 226 g/mol. The average Bonchev–Trinajstić information content (AvgIpc) is 2.34. The summed E-state index contributed by atoms with van der Waals surface area (Å²) in [6.45, 7) is 8.39. The summed E-state index contributed by atoms with van der Waals surface area (Å²) in [5, 5.41) is 3.63. The van der Waals surface area contributed by atoms with Crippen LogP contribution in [-0.2, 0) is 0 Å². The normalized spacial score (nSPS) is 21.9. The lowest BCUT2D eigenvalue weighted by Gasteiger charge is -2.27. The van der Waals surface area contributed by atoms with Gasteiger partial charge in [0.05, 0.1) is 0 Å². The number of piperidine rings is 1. The molecule has 0 saturated carbocycles. The molecule has 0 aromatic carbocycles. The minimum Gasteiger partial charge on any atom is -0.314 e. The number of nitrogens with zero attached hydrogens (tertiary/aromatic N) is 1. The number of hydrogen-bond acceptors (Lipinski definition) is 2. The summed E-state index contributed by atoms with van der Waals surface area (Å²) in [7, 11) is 2.28. The standard InChI is InChI=1S/C14H30N2/c1-4-13(5-2)12-16(3)11-9-14-8-6-7-10-15-14/h13-15H,4-12H2,1-3H3. The average molecular weight is 226 g/mol. The lowest BCUT2D eigenvalue weighted by molar-refractivity contribution is 0.244. The van der Waals surface area contributed by atoms with E-state index >= 15 is 0 Å². The van der Waals surface area contributed by atoms with Gasteiger partial charge >= 0.3 is 0 Å². The molecule has 1 saturated heterocycles. The topological polar surface area (TPSA) is 15.3 Å². The third kappa shape index (κ3) is 5.31. The van der Waals surface area contributed by atoms with E-state index in [-0.39, 0.29) is 0 Å². The van der Waals surface area contributed by atoms with Gasteiger partial charge in [-0.25, -0.2) is 0 Å². The number of hydrogen-bond donors (Lipinski definition) is 1. The van der Waals surface area contributed by atoms with Crippen molar-refractivity contribution in [2.75, 3.05) is 26.7 Å². The second-order valence-electron chi connectivity index (χ2n) is 5.38. The first-order valence-electron chi connectivity index (χ1n) is 7.18. The smallest absolute Gasteiger partial charge is 0.00792 e. The van der Waals surface area contributed by atoms with Gasteiger partial charge in [-0.15, -0.1) is 0 Å². The molecule has 1 N–H and O–H groups in total. The van der Waals surface area contributed by atoms with Gasteiger partial charge in [-0.3, -0.25) is 0 Å². The van der Waals surface area contributed by atoms with Crippen LogP contribution in [0.3, 0.4) is 0 Å². The van der Waals surface area contributed by atoms with E-state index in [4.69, 9.17) is 0 Å². The van der Waals surface area contributed by atoms with Crippen molar-refractivity contribution in [2.45, 2.75) is 58.4 Å². The minimum absolute atomic E-state index is 0.790. The fourth-order valence-electron chi connectivity index (χ4n) is 2.63. The van der Waals surface area contributed by atoms with Crippen molar-refractivity contribution in [2.24, 2.45) is 5.92 Å². The maximum absolute atomic E-state index is 3.63. The minimum atomic E-state index is 0.790. The summed E-state index contributed by atoms with van der Waals surface area (Å²) >= 11 is 0. The zero-order valence-electron chi connectivity index (χ0n) is 11.5. The van der Waals surface area contributed by atoms with Crippen molar-refractivity contribution in [3.05, 3.63) is 0 Å². The van der Waals surface area contributed by atoms with E-state index in [0.29, 0.717) is 0 Å². The molecule has 16 heavy (non-hydrogen) atoms. The van der Waals surface area contributed by atoms with Crippen molar-refractivity contribution in [3.63, 3.8) is 0 Å². The van der Waals surface area contributed by atoms with E-state index in [1.54, 1.807) is 0 Å². The molecule has 0 aromatic rings. The van der Waals surface area contributed by atoms with Crippen LogP contribution in [0.2, 0.25) is 0 Å². The second kappa shape index (κ2) is 8.08. The molecule has 1 rings (SSSR count). The fraction of sp³-hybridized carbons (Fsp3) is 1.00. The molecule has 0 aliphatic carbocycles. The van der Waals surface area contributed by atoms with Crippen LogP contribution in [-0.4, -0.2) is 37.6 Å². The van der Waals surface area contributed by atoms with Gasteiger partial charge in [0.1, 0.15) is 0 Å². The highest BCUT2D eigenvalue weighted by Gasteiger charge is 2.14. The Morgan fingerprint density at radius 3 is 2.56 bits per heavy atom. The predicted octanol–water partition coefficient (Wildman–Crippen LogP) is 2.89. The molecule has 1 fully saturated rings. The van der Waals surface area contributed by atoms with Crippen LogP contribution in [0.5, 0.6) is 0 Å². The quantitative estimate of drug-likeness (QED) is 0.718. The first kappa shape index (κ1) is 14.0. The van der Waals surface area contributed by atoms with E-state index in [1.165, 1.54) is 58.2 Å². The number of rotatable bonds is 7. The van der Waals surface area contributed by atoms with Crippen LogP contribution in [0.4, 0.5) is 0 Å². The molecule has 1 aliphatic rings. The van der Waals surface area contributed by atoms with Gasteiger partial charge in [-0.05, 0) is 45.3 Å². The Balaban J connectivity index is 2.10. The fourth-order valence-corrected chi connectivity index (χ4v) is 2.63. The summed E-state index contributed by atoms with van der Waals surface area (Å²) in [6, 6.07) is 0.790. The van der Waals surface area contributed by atoms with E-state index in [2.05, 4.69) is 31.1 Å². The lowest BCUT2D eigenvalue weighted by Crippen LogP contribution is -2.37. The van der Waals surface area contributed by atoms with Gasteiger partial charge in [0.2, 0.25) is 0 Å². The molecule has 1 unspecified atom stereocenters. The Hall–Kier alpha value is -0.0800. The summed E-state index contributed by atoms with van der Waals surface area (Å²) in [5.41, 5.74) is 0. The molecular formula is C14H30N2. The van der Waals surface area contributed by atoms with Crippen molar-refractivity contribution >= 4 is 0 Å². The van der Waals surface area contributed by atoms with E-state index < -0.39 is 0 Å². The maximum atomic E-state index is 3.63. The Bertz CT molecular complexity index is 160. The predicted molar refractivity (Wildman–Crippen MR) is 71.8 cm³/mol. The van der Waals surface area contributed by atoms with Crippen molar-refractivity contribution in [1.29, 1.82) is 0 Å². The molecule has 1 aliphatic heterocycles. The maximum Gasteiger partial charge on any atom is 0.00792 e. The van der Waals surface area contributed by atoms with E-state index in [9.17, 15) is 0 Å². The Labute approximate surface area is 102 Å². The van der Waals surface area contributed by atoms with Crippen LogP contribution < -0.4 is 5.32 Å². The first-order chi connectivity index (χ1) is 7.76. The first-order valence-corrected chi connectivity index (χ1v) is 7.18. The molecule has 0 bridgehead atoms. The van der Waals surface area contributed by atoms with Gasteiger partial charge in [-0.1, -0.05) is 33.1 Å². The second-order valence-corrected chi connectivity index (χ2v) is 5.38. The van der Waals surface area contributed by atoms with Crippen molar-refractivity contribution in [1.82, 2.24) is 10.2 Å². The zero-order valence-corrected chi connectivity index (χ0v) is 11.5. The molecular weight excluding hydrogens is 196 g/mol. The van der Waals surface area contributed by atoms with Crippen LogP contribution >= 0.6 is 0 Å². The van der Waals surface area contributed by atoms with Crippen molar-refractivity contribution < 1.29 is 0 Å². The highest BCUT2D eigenvalue weighted by molar-refractivity contribution is 4.73. The third-order valence-corrected chi connectivity index (χ3v) is 4.00. The summed E-state index contributed by atoms with van der Waals surface area (Å²) in [4.78, 5) is 2.52. The van der Waals surface area contributed by atoms with Gasteiger partial charge in [0, 0.05) is 12.6 Å². The molecule has 2 heteroatoms. The Morgan fingerprint density at radius 2 is 2.00 bits per heavy atom. The number of nitrogens with one attached hydrogen (secondary N) is 1. The van der Waals surface area contributed by atoms with Gasteiger partial charge in [-0.2, -0.15) is 0 Å². The summed E-state index contributed by atoms with van der Waals surface area (Å²) in [5.74, 6) is 0.893. The molecule has 0 amide bonds. The highest BCUT2D eigenvalue weighted by Crippen LogP contribution is 2.12.